The molecule has 5 heteroatoms. The Balaban J connectivity index is 2.51. The highest BCUT2D eigenvalue weighted by atomic mass is 16.5. The Kier molecular flexibility index (Phi) is 6.97. The summed E-state index contributed by atoms with van der Waals surface area (Å²) in [4.78, 5) is 24.2. The summed E-state index contributed by atoms with van der Waals surface area (Å²) in [5.74, 6) is -0.181. The lowest BCUT2D eigenvalue weighted by Crippen LogP contribution is -2.23. The highest BCUT2D eigenvalue weighted by molar-refractivity contribution is 6.01. The van der Waals surface area contributed by atoms with Crippen LogP contribution in [0.15, 0.2) is 60.2 Å². The first-order valence-corrected chi connectivity index (χ1v) is 8.33. The van der Waals surface area contributed by atoms with Crippen molar-refractivity contribution in [3.63, 3.8) is 0 Å². The van der Waals surface area contributed by atoms with Crippen molar-refractivity contribution in [1.29, 1.82) is 0 Å². The van der Waals surface area contributed by atoms with E-state index in [9.17, 15) is 9.59 Å². The fourth-order valence-electron chi connectivity index (χ4n) is 2.70. The van der Waals surface area contributed by atoms with Crippen molar-refractivity contribution in [3.8, 4) is 5.75 Å². The fourth-order valence-corrected chi connectivity index (χ4v) is 2.70. The van der Waals surface area contributed by atoms with Gasteiger partial charge in [-0.25, -0.2) is 4.79 Å². The zero-order valence-electron chi connectivity index (χ0n) is 15.2. The third kappa shape index (κ3) is 4.96. The largest absolute Gasteiger partial charge is 0.496 e. The SMILES string of the molecule is COC(=O)C(CCc1ccccc1)=C(NC(C)=O)c1ccccc1OC. The Hall–Kier alpha value is -3.08. The minimum absolute atomic E-state index is 0.271. The molecule has 1 N–H and O–H groups in total. The third-order valence-electron chi connectivity index (χ3n) is 3.92. The van der Waals surface area contributed by atoms with E-state index in [1.165, 1.54) is 14.0 Å². The number of para-hydroxylation sites is 1. The molecule has 2 rings (SSSR count). The van der Waals surface area contributed by atoms with Crippen LogP contribution in [0.1, 0.15) is 24.5 Å². The number of carbonyl (C=O) groups excluding carboxylic acids is 2. The van der Waals surface area contributed by atoms with Crippen molar-refractivity contribution >= 4 is 17.6 Å². The molecule has 0 fully saturated rings. The second kappa shape index (κ2) is 9.42. The number of rotatable bonds is 7. The number of aryl methyl sites for hydroxylation is 1. The van der Waals surface area contributed by atoms with Crippen molar-refractivity contribution in [3.05, 3.63) is 71.3 Å². The van der Waals surface area contributed by atoms with E-state index in [0.717, 1.165) is 5.56 Å². The Morgan fingerprint density at radius 1 is 0.962 bits per heavy atom. The summed E-state index contributed by atoms with van der Waals surface area (Å²) in [6.07, 6.45) is 1.06. The fraction of sp³-hybridized carbons (Fsp3) is 0.238. The summed E-state index contributed by atoms with van der Waals surface area (Å²) in [7, 11) is 2.88. The van der Waals surface area contributed by atoms with Gasteiger partial charge in [0, 0.05) is 12.5 Å². The smallest absolute Gasteiger partial charge is 0.335 e. The number of benzene rings is 2. The van der Waals surface area contributed by atoms with Gasteiger partial charge in [-0.05, 0) is 30.5 Å². The summed E-state index contributed by atoms with van der Waals surface area (Å²) in [5.41, 5.74) is 2.54. The molecule has 2 aromatic rings. The van der Waals surface area contributed by atoms with Crippen LogP contribution in [0.3, 0.4) is 0 Å². The standard InChI is InChI=1S/C21H23NO4/c1-15(23)22-20(17-11-7-8-12-19(17)25-2)18(21(24)26-3)14-13-16-9-5-4-6-10-16/h4-12H,13-14H2,1-3H3,(H,22,23). The number of methoxy groups -OCH3 is 2. The molecule has 26 heavy (non-hydrogen) atoms. The molecule has 0 aliphatic carbocycles. The van der Waals surface area contributed by atoms with Gasteiger partial charge < -0.3 is 14.8 Å². The van der Waals surface area contributed by atoms with Gasteiger partial charge in [0.15, 0.2) is 0 Å². The number of hydrogen-bond donors (Lipinski definition) is 1. The van der Waals surface area contributed by atoms with Crippen LogP contribution in [0.2, 0.25) is 0 Å². The molecule has 0 saturated heterocycles. The van der Waals surface area contributed by atoms with Crippen LogP contribution < -0.4 is 10.1 Å². The van der Waals surface area contributed by atoms with Crippen molar-refractivity contribution in [2.24, 2.45) is 0 Å². The number of amides is 1. The normalized spacial score (nSPS) is 11.3. The number of hydrogen-bond acceptors (Lipinski definition) is 4. The molecule has 0 aromatic heterocycles. The average Bonchev–Trinajstić information content (AvgIpc) is 2.67. The monoisotopic (exact) mass is 353 g/mol. The van der Waals surface area contributed by atoms with E-state index in [2.05, 4.69) is 5.32 Å². The predicted molar refractivity (Wildman–Crippen MR) is 101 cm³/mol. The first-order chi connectivity index (χ1) is 12.6. The van der Waals surface area contributed by atoms with Gasteiger partial charge in [0.2, 0.25) is 5.91 Å². The molecular formula is C21H23NO4. The minimum Gasteiger partial charge on any atom is -0.496 e. The van der Waals surface area contributed by atoms with Crippen LogP contribution in [-0.4, -0.2) is 26.1 Å². The molecule has 1 amide bonds. The van der Waals surface area contributed by atoms with Gasteiger partial charge in [0.25, 0.3) is 0 Å². The lowest BCUT2D eigenvalue weighted by Gasteiger charge is -2.17. The second-order valence-electron chi connectivity index (χ2n) is 5.71. The van der Waals surface area contributed by atoms with E-state index in [1.807, 2.05) is 42.5 Å². The molecule has 0 unspecified atom stereocenters. The van der Waals surface area contributed by atoms with Gasteiger partial charge in [0.05, 0.1) is 25.5 Å². The minimum atomic E-state index is -0.476. The van der Waals surface area contributed by atoms with Crippen LogP contribution in [-0.2, 0) is 20.7 Å². The van der Waals surface area contributed by atoms with Gasteiger partial charge >= 0.3 is 5.97 Å². The number of esters is 1. The van der Waals surface area contributed by atoms with Crippen LogP contribution in [0.5, 0.6) is 5.75 Å². The molecular weight excluding hydrogens is 330 g/mol. The van der Waals surface area contributed by atoms with E-state index in [-0.39, 0.29) is 5.91 Å². The van der Waals surface area contributed by atoms with Gasteiger partial charge in [-0.1, -0.05) is 42.5 Å². The maximum absolute atomic E-state index is 12.5. The third-order valence-corrected chi connectivity index (χ3v) is 3.92. The first-order valence-electron chi connectivity index (χ1n) is 8.33. The quantitative estimate of drug-likeness (QED) is 0.612. The lowest BCUT2D eigenvalue weighted by molar-refractivity contribution is -0.136. The maximum Gasteiger partial charge on any atom is 0.335 e. The van der Waals surface area contributed by atoms with E-state index >= 15 is 0 Å². The number of ether oxygens (including phenoxy) is 2. The molecule has 0 bridgehead atoms. The molecule has 136 valence electrons. The summed E-state index contributed by atoms with van der Waals surface area (Å²) < 4.78 is 10.4. The summed E-state index contributed by atoms with van der Waals surface area (Å²) in [6.45, 7) is 1.40. The summed E-state index contributed by atoms with van der Waals surface area (Å²) in [6, 6.07) is 17.1. The molecule has 0 atom stereocenters. The molecule has 0 heterocycles. The molecule has 0 aliphatic rings. The van der Waals surface area contributed by atoms with Crippen LogP contribution in [0.4, 0.5) is 0 Å². The van der Waals surface area contributed by atoms with E-state index < -0.39 is 5.97 Å². The van der Waals surface area contributed by atoms with E-state index in [4.69, 9.17) is 9.47 Å². The highest BCUT2D eigenvalue weighted by Gasteiger charge is 2.21. The maximum atomic E-state index is 12.5. The molecule has 2 aromatic carbocycles. The van der Waals surface area contributed by atoms with Gasteiger partial charge in [-0.2, -0.15) is 0 Å². The summed E-state index contributed by atoms with van der Waals surface area (Å²) in [5, 5.41) is 2.78. The Morgan fingerprint density at radius 2 is 1.62 bits per heavy atom. The van der Waals surface area contributed by atoms with E-state index in [0.29, 0.717) is 35.4 Å². The van der Waals surface area contributed by atoms with Gasteiger partial charge in [-0.15, -0.1) is 0 Å². The molecule has 0 saturated carbocycles. The molecule has 0 aliphatic heterocycles. The zero-order chi connectivity index (χ0) is 18.9. The van der Waals surface area contributed by atoms with Crippen molar-refractivity contribution in [2.75, 3.05) is 14.2 Å². The second-order valence-corrected chi connectivity index (χ2v) is 5.71. The van der Waals surface area contributed by atoms with Crippen LogP contribution in [0, 0.1) is 0 Å². The number of carbonyl (C=O) groups is 2. The lowest BCUT2D eigenvalue weighted by atomic mass is 9.98. The summed E-state index contributed by atoms with van der Waals surface area (Å²) >= 11 is 0. The Morgan fingerprint density at radius 3 is 2.23 bits per heavy atom. The van der Waals surface area contributed by atoms with Crippen molar-refractivity contribution < 1.29 is 19.1 Å². The Bertz CT molecular complexity index is 797. The molecule has 5 nitrogen and oxygen atoms in total. The van der Waals surface area contributed by atoms with Crippen LogP contribution >= 0.6 is 0 Å². The number of nitrogens with one attached hydrogen (secondary N) is 1. The van der Waals surface area contributed by atoms with Gasteiger partial charge in [-0.3, -0.25) is 4.79 Å². The van der Waals surface area contributed by atoms with Gasteiger partial charge in [0.1, 0.15) is 5.75 Å². The Labute approximate surface area is 153 Å². The highest BCUT2D eigenvalue weighted by Crippen LogP contribution is 2.28. The van der Waals surface area contributed by atoms with Crippen molar-refractivity contribution in [1.82, 2.24) is 5.32 Å². The van der Waals surface area contributed by atoms with E-state index in [1.54, 1.807) is 19.2 Å². The first kappa shape index (κ1) is 19.2. The molecule has 0 radical (unpaired) electrons. The zero-order valence-corrected chi connectivity index (χ0v) is 15.2. The predicted octanol–water partition coefficient (Wildman–Crippen LogP) is 3.35. The van der Waals surface area contributed by atoms with Crippen LogP contribution in [0.25, 0.3) is 5.70 Å². The van der Waals surface area contributed by atoms with Crippen molar-refractivity contribution in [2.45, 2.75) is 19.8 Å². The average molecular weight is 353 g/mol. The topological polar surface area (TPSA) is 64.6 Å². The molecule has 0 spiro atoms.